The summed E-state index contributed by atoms with van der Waals surface area (Å²) in [5.74, 6) is 0.937. The molecule has 0 bridgehead atoms. The van der Waals surface area contributed by atoms with Crippen molar-refractivity contribution in [2.24, 2.45) is 4.99 Å². The Morgan fingerprint density at radius 3 is 2.67 bits per heavy atom. The fraction of sp³-hybridized carbons (Fsp3) is 0.368. The van der Waals surface area contributed by atoms with Crippen molar-refractivity contribution < 1.29 is 9.13 Å². The summed E-state index contributed by atoms with van der Waals surface area (Å²) in [6, 6.07) is 8.36. The summed E-state index contributed by atoms with van der Waals surface area (Å²) in [5, 5.41) is 6.47. The van der Waals surface area contributed by atoms with E-state index in [2.05, 4.69) is 40.7 Å². The van der Waals surface area contributed by atoms with Crippen LogP contribution in [0.15, 0.2) is 47.7 Å². The third-order valence-corrected chi connectivity index (χ3v) is 5.03. The van der Waals surface area contributed by atoms with Gasteiger partial charge in [-0.05, 0) is 49.9 Å². The number of halogens is 2. The second kappa shape index (κ2) is 11.3. The van der Waals surface area contributed by atoms with Gasteiger partial charge in [0.25, 0.3) is 0 Å². The lowest BCUT2D eigenvalue weighted by atomic mass is 10.2. The molecule has 0 atom stereocenters. The summed E-state index contributed by atoms with van der Waals surface area (Å²) in [6.07, 6.45) is 5.26. The molecule has 8 heteroatoms. The van der Waals surface area contributed by atoms with Gasteiger partial charge in [0, 0.05) is 31.1 Å². The molecule has 2 N–H and O–H groups in total. The molecule has 0 unspecified atom stereocenters. The van der Waals surface area contributed by atoms with Gasteiger partial charge in [0.2, 0.25) is 0 Å². The van der Waals surface area contributed by atoms with Crippen LogP contribution in [0.1, 0.15) is 19.4 Å². The van der Waals surface area contributed by atoms with Crippen LogP contribution < -0.4 is 15.4 Å². The van der Waals surface area contributed by atoms with Crippen molar-refractivity contribution in [1.29, 1.82) is 0 Å². The number of hydrogen-bond donors (Lipinski definition) is 2. The number of aliphatic imine (C=N–C) groups is 1. The molecule has 0 fully saturated rings. The fourth-order valence-electron chi connectivity index (χ4n) is 2.05. The highest BCUT2D eigenvalue weighted by Gasteiger charge is 2.16. The normalized spacial score (nSPS) is 11.5. The Labute approximate surface area is 181 Å². The molecule has 2 rings (SSSR count). The number of benzene rings is 1. The van der Waals surface area contributed by atoms with Crippen LogP contribution in [-0.4, -0.2) is 35.5 Å². The van der Waals surface area contributed by atoms with E-state index >= 15 is 0 Å². The minimum Gasteiger partial charge on any atom is -0.453 e. The van der Waals surface area contributed by atoms with Crippen LogP contribution in [0.5, 0.6) is 11.5 Å². The van der Waals surface area contributed by atoms with E-state index in [-0.39, 0.29) is 34.5 Å². The van der Waals surface area contributed by atoms with Gasteiger partial charge in [-0.1, -0.05) is 6.07 Å². The number of pyridine rings is 1. The van der Waals surface area contributed by atoms with E-state index in [1.807, 2.05) is 6.07 Å². The lowest BCUT2D eigenvalue weighted by Crippen LogP contribution is -2.42. The second-order valence-electron chi connectivity index (χ2n) is 6.30. The number of rotatable bonds is 7. The molecule has 5 nitrogen and oxygen atoms in total. The van der Waals surface area contributed by atoms with E-state index in [1.165, 1.54) is 6.07 Å². The topological polar surface area (TPSA) is 58.5 Å². The van der Waals surface area contributed by atoms with Crippen molar-refractivity contribution >= 4 is 41.7 Å². The summed E-state index contributed by atoms with van der Waals surface area (Å²) in [7, 11) is 1.72. The summed E-state index contributed by atoms with van der Waals surface area (Å²) in [4.78, 5) is 8.14. The molecule has 1 aromatic carbocycles. The Bertz CT molecular complexity index is 744. The third-order valence-electron chi connectivity index (χ3n) is 3.78. The van der Waals surface area contributed by atoms with Crippen LogP contribution in [0.2, 0.25) is 0 Å². The Kier molecular flexibility index (Phi) is 9.86. The zero-order valence-corrected chi connectivity index (χ0v) is 19.1. The predicted octanol–water partition coefficient (Wildman–Crippen LogP) is 4.44. The Hall–Kier alpha value is -1.55. The average Bonchev–Trinajstić information content (AvgIpc) is 2.65. The predicted molar refractivity (Wildman–Crippen MR) is 122 cm³/mol. The standard InChI is InChI=1S/C19H25FN4OS.HI/c1-19(2,26-4)13-24-18(21-3)23-11-14-7-8-17(16(20)10-14)25-15-6-5-9-22-12-15;/h5-10,12H,11,13H2,1-4H3,(H2,21,23,24);1H. The highest BCUT2D eigenvalue weighted by molar-refractivity contribution is 14.0. The highest BCUT2D eigenvalue weighted by Crippen LogP contribution is 2.24. The first-order chi connectivity index (χ1) is 12.4. The number of guanidine groups is 1. The summed E-state index contributed by atoms with van der Waals surface area (Å²) < 4.78 is 19.9. The Balaban J connectivity index is 0.00000364. The van der Waals surface area contributed by atoms with Gasteiger partial charge >= 0.3 is 0 Å². The third kappa shape index (κ3) is 7.92. The first-order valence-electron chi connectivity index (χ1n) is 8.29. The molecular formula is C19H26FIN4OS. The van der Waals surface area contributed by atoms with Crippen LogP contribution in [0.25, 0.3) is 0 Å². The van der Waals surface area contributed by atoms with E-state index in [9.17, 15) is 4.39 Å². The Morgan fingerprint density at radius 2 is 2.07 bits per heavy atom. The van der Waals surface area contributed by atoms with Crippen molar-refractivity contribution in [3.63, 3.8) is 0 Å². The monoisotopic (exact) mass is 504 g/mol. The number of aromatic nitrogens is 1. The summed E-state index contributed by atoms with van der Waals surface area (Å²) in [5.41, 5.74) is 0.799. The van der Waals surface area contributed by atoms with E-state index in [0.717, 1.165) is 12.1 Å². The van der Waals surface area contributed by atoms with Gasteiger partial charge in [-0.15, -0.1) is 24.0 Å². The minimum atomic E-state index is -0.417. The van der Waals surface area contributed by atoms with Crippen molar-refractivity contribution in [3.05, 3.63) is 54.1 Å². The van der Waals surface area contributed by atoms with Crippen molar-refractivity contribution in [2.45, 2.75) is 25.1 Å². The van der Waals surface area contributed by atoms with Crippen molar-refractivity contribution in [3.8, 4) is 11.5 Å². The molecule has 0 spiro atoms. The summed E-state index contributed by atoms with van der Waals surface area (Å²) in [6.45, 7) is 5.56. The van der Waals surface area contributed by atoms with Crippen LogP contribution in [-0.2, 0) is 6.54 Å². The maximum atomic E-state index is 14.3. The van der Waals surface area contributed by atoms with Crippen LogP contribution in [0.3, 0.4) is 0 Å². The van der Waals surface area contributed by atoms with E-state index in [0.29, 0.717) is 18.3 Å². The first-order valence-corrected chi connectivity index (χ1v) is 9.52. The Morgan fingerprint density at radius 1 is 1.30 bits per heavy atom. The maximum absolute atomic E-state index is 14.3. The fourth-order valence-corrected chi connectivity index (χ4v) is 2.26. The molecule has 2 aromatic rings. The van der Waals surface area contributed by atoms with E-state index in [4.69, 9.17) is 4.74 Å². The highest BCUT2D eigenvalue weighted by atomic mass is 127. The second-order valence-corrected chi connectivity index (χ2v) is 7.81. The van der Waals surface area contributed by atoms with Crippen molar-refractivity contribution in [1.82, 2.24) is 15.6 Å². The molecule has 0 aliphatic carbocycles. The van der Waals surface area contributed by atoms with Gasteiger partial charge < -0.3 is 15.4 Å². The molecule has 0 aliphatic heterocycles. The number of nitrogens with one attached hydrogen (secondary N) is 2. The molecule has 148 valence electrons. The number of hydrogen-bond acceptors (Lipinski definition) is 4. The van der Waals surface area contributed by atoms with Gasteiger partial charge in [-0.25, -0.2) is 4.39 Å². The van der Waals surface area contributed by atoms with E-state index in [1.54, 1.807) is 49.4 Å². The van der Waals surface area contributed by atoms with E-state index < -0.39 is 5.82 Å². The average molecular weight is 504 g/mol. The molecular weight excluding hydrogens is 478 g/mol. The summed E-state index contributed by atoms with van der Waals surface area (Å²) >= 11 is 1.79. The minimum absolute atomic E-state index is 0. The quantitative estimate of drug-likeness (QED) is 0.332. The molecule has 1 aromatic heterocycles. The molecule has 0 radical (unpaired) electrons. The maximum Gasteiger partial charge on any atom is 0.191 e. The zero-order chi connectivity index (χ0) is 19.0. The molecule has 0 amide bonds. The molecule has 0 aliphatic rings. The molecule has 27 heavy (non-hydrogen) atoms. The van der Waals surface area contributed by atoms with Gasteiger partial charge in [-0.2, -0.15) is 11.8 Å². The molecule has 0 saturated heterocycles. The molecule has 0 saturated carbocycles. The van der Waals surface area contributed by atoms with Crippen LogP contribution in [0.4, 0.5) is 4.39 Å². The molecule has 1 heterocycles. The lowest BCUT2D eigenvalue weighted by molar-refractivity contribution is 0.440. The first kappa shape index (κ1) is 23.5. The van der Waals surface area contributed by atoms with Gasteiger partial charge in [-0.3, -0.25) is 9.98 Å². The lowest BCUT2D eigenvalue weighted by Gasteiger charge is -2.23. The van der Waals surface area contributed by atoms with Crippen LogP contribution >= 0.6 is 35.7 Å². The zero-order valence-electron chi connectivity index (χ0n) is 16.0. The largest absolute Gasteiger partial charge is 0.453 e. The number of ether oxygens (including phenoxy) is 1. The number of thioether (sulfide) groups is 1. The number of nitrogens with zero attached hydrogens (tertiary/aromatic N) is 2. The van der Waals surface area contributed by atoms with Gasteiger partial charge in [0.1, 0.15) is 5.75 Å². The SMILES string of the molecule is CN=C(NCc1ccc(Oc2cccnc2)c(F)c1)NCC(C)(C)SC.I. The van der Waals surface area contributed by atoms with Gasteiger partial charge in [0.15, 0.2) is 17.5 Å². The van der Waals surface area contributed by atoms with Gasteiger partial charge in [0.05, 0.1) is 6.20 Å². The van der Waals surface area contributed by atoms with Crippen LogP contribution in [0, 0.1) is 5.82 Å². The van der Waals surface area contributed by atoms with Crippen molar-refractivity contribution in [2.75, 3.05) is 19.8 Å². The smallest absolute Gasteiger partial charge is 0.191 e.